The van der Waals surface area contributed by atoms with E-state index in [1.54, 1.807) is 31.3 Å². The molecule has 1 saturated heterocycles. The smallest absolute Gasteiger partial charge is 0.241 e. The molecular weight excluding hydrogens is 471 g/mol. The summed E-state index contributed by atoms with van der Waals surface area (Å²) in [4.78, 5) is 50.7. The van der Waals surface area contributed by atoms with Crippen LogP contribution in [0.15, 0.2) is 42.5 Å². The number of nitrogens with zero attached hydrogens (tertiary/aromatic N) is 3. The van der Waals surface area contributed by atoms with Gasteiger partial charge in [-0.2, -0.15) is 0 Å². The van der Waals surface area contributed by atoms with Crippen LogP contribution in [-0.4, -0.2) is 50.6 Å². The number of imide groups is 1. The van der Waals surface area contributed by atoms with Crippen LogP contribution in [0.2, 0.25) is 5.02 Å². The van der Waals surface area contributed by atoms with Gasteiger partial charge in [-0.15, -0.1) is 0 Å². The van der Waals surface area contributed by atoms with Gasteiger partial charge in [-0.05, 0) is 48.7 Å². The zero-order chi connectivity index (χ0) is 24.7. The van der Waals surface area contributed by atoms with E-state index >= 15 is 0 Å². The number of hydrogen-bond acceptors (Lipinski definition) is 4. The van der Waals surface area contributed by atoms with Crippen LogP contribution in [0, 0.1) is 5.82 Å². The van der Waals surface area contributed by atoms with Gasteiger partial charge in [0, 0.05) is 31.0 Å². The summed E-state index contributed by atoms with van der Waals surface area (Å²) in [6, 6.07) is 10.8. The molecule has 5 rings (SSSR count). The third-order valence-corrected chi connectivity index (χ3v) is 7.41. The molecule has 2 heterocycles. The number of imidazole rings is 1. The van der Waals surface area contributed by atoms with Gasteiger partial charge >= 0.3 is 0 Å². The maximum Gasteiger partial charge on any atom is 0.241 e. The summed E-state index contributed by atoms with van der Waals surface area (Å²) in [6.45, 7) is 0.179. The average molecular weight is 497 g/mol. The molecule has 1 aromatic heterocycles. The number of aromatic amines is 1. The van der Waals surface area contributed by atoms with Gasteiger partial charge in [0.05, 0.1) is 23.0 Å². The molecule has 0 spiro atoms. The Bertz CT molecular complexity index is 1320. The fourth-order valence-corrected chi connectivity index (χ4v) is 5.53. The van der Waals surface area contributed by atoms with E-state index < -0.39 is 17.1 Å². The molecule has 1 N–H and O–H groups in total. The van der Waals surface area contributed by atoms with Crippen molar-refractivity contribution in [3.05, 3.63) is 64.7 Å². The predicted molar refractivity (Wildman–Crippen MR) is 129 cm³/mol. The number of carbonyl (C=O) groups excluding carboxylic acids is 3. The summed E-state index contributed by atoms with van der Waals surface area (Å²) >= 11 is 6.05. The third-order valence-electron chi connectivity index (χ3n) is 7.18. The average Bonchev–Trinajstić information content (AvgIpc) is 3.52. The molecule has 3 aromatic rings. The van der Waals surface area contributed by atoms with Crippen molar-refractivity contribution in [3.63, 3.8) is 0 Å². The maximum atomic E-state index is 14.2. The maximum absolute atomic E-state index is 14.2. The van der Waals surface area contributed by atoms with Crippen LogP contribution < -0.4 is 0 Å². The van der Waals surface area contributed by atoms with E-state index in [-0.39, 0.29) is 37.2 Å². The van der Waals surface area contributed by atoms with E-state index in [1.165, 1.54) is 28.0 Å². The Hall–Kier alpha value is -3.26. The third kappa shape index (κ3) is 4.31. The second-order valence-corrected chi connectivity index (χ2v) is 9.98. The van der Waals surface area contributed by atoms with E-state index in [0.29, 0.717) is 16.4 Å². The molecular formula is C26H26ClFN4O3. The Morgan fingerprint density at radius 2 is 2.00 bits per heavy atom. The molecule has 1 saturated carbocycles. The molecule has 3 amide bonds. The number of H-pyrrole nitrogens is 1. The van der Waals surface area contributed by atoms with Gasteiger partial charge < -0.3 is 9.88 Å². The predicted octanol–water partition coefficient (Wildman–Crippen LogP) is 4.34. The standard InChI is InChI=1S/C26H26ClFN4O3/c1-31(15-22-29-20-10-9-17(27)12-21(20)30-22)23(33)13-26(16-5-4-6-18(28)11-16)14-24(34)32(25(26)35)19-7-2-3-8-19/h4-6,9-12,19H,2-3,7-8,13-15H2,1H3,(H,29,30)/t26-/m0/s1. The summed E-state index contributed by atoms with van der Waals surface area (Å²) in [5, 5.41) is 0.574. The molecule has 7 nitrogen and oxygen atoms in total. The minimum absolute atomic E-state index is 0.144. The molecule has 1 aliphatic heterocycles. The quantitative estimate of drug-likeness (QED) is 0.514. The zero-order valence-electron chi connectivity index (χ0n) is 19.4. The number of aromatic nitrogens is 2. The van der Waals surface area contributed by atoms with Gasteiger partial charge in [-0.3, -0.25) is 19.3 Å². The van der Waals surface area contributed by atoms with Crippen molar-refractivity contribution in [2.45, 2.75) is 56.5 Å². The Labute approximate surface area is 207 Å². The van der Waals surface area contributed by atoms with Crippen LogP contribution in [-0.2, 0) is 26.3 Å². The number of fused-ring (bicyclic) bond motifs is 1. The highest BCUT2D eigenvalue weighted by Gasteiger charge is 2.55. The molecule has 1 aliphatic carbocycles. The molecule has 182 valence electrons. The lowest BCUT2D eigenvalue weighted by Gasteiger charge is -2.30. The number of nitrogens with one attached hydrogen (secondary N) is 1. The number of hydrogen-bond donors (Lipinski definition) is 1. The van der Waals surface area contributed by atoms with Crippen LogP contribution in [0.5, 0.6) is 0 Å². The van der Waals surface area contributed by atoms with Crippen LogP contribution in [0.1, 0.15) is 49.9 Å². The molecule has 0 radical (unpaired) electrons. The molecule has 2 aromatic carbocycles. The molecule has 35 heavy (non-hydrogen) atoms. The van der Waals surface area contributed by atoms with Crippen LogP contribution in [0.4, 0.5) is 4.39 Å². The van der Waals surface area contributed by atoms with Crippen molar-refractivity contribution in [1.29, 1.82) is 0 Å². The monoisotopic (exact) mass is 496 g/mol. The molecule has 9 heteroatoms. The first-order valence-corrected chi connectivity index (χ1v) is 12.2. The summed E-state index contributed by atoms with van der Waals surface area (Å²) < 4.78 is 14.2. The molecule has 1 atom stereocenters. The lowest BCUT2D eigenvalue weighted by Crippen LogP contribution is -2.45. The number of amides is 3. The lowest BCUT2D eigenvalue weighted by atomic mass is 9.75. The van der Waals surface area contributed by atoms with E-state index in [1.807, 2.05) is 0 Å². The Morgan fingerprint density at radius 3 is 2.74 bits per heavy atom. The van der Waals surface area contributed by atoms with E-state index in [2.05, 4.69) is 9.97 Å². The first kappa shape index (κ1) is 23.5. The van der Waals surface area contributed by atoms with Crippen molar-refractivity contribution in [2.24, 2.45) is 0 Å². The number of likely N-dealkylation sites (tertiary alicyclic amines) is 1. The summed E-state index contributed by atoms with van der Waals surface area (Å²) in [5.74, 6) is -0.972. The fraction of sp³-hybridized carbons (Fsp3) is 0.385. The summed E-state index contributed by atoms with van der Waals surface area (Å²) in [7, 11) is 1.62. The van der Waals surface area contributed by atoms with Crippen molar-refractivity contribution in [1.82, 2.24) is 19.8 Å². The first-order valence-electron chi connectivity index (χ1n) is 11.8. The van der Waals surface area contributed by atoms with Gasteiger partial charge in [-0.1, -0.05) is 36.6 Å². The number of benzene rings is 2. The summed E-state index contributed by atoms with van der Waals surface area (Å²) in [5.41, 5.74) is 0.421. The molecule has 0 unspecified atom stereocenters. The van der Waals surface area contributed by atoms with E-state index in [4.69, 9.17) is 11.6 Å². The number of rotatable bonds is 6. The van der Waals surface area contributed by atoms with Gasteiger partial charge in [0.1, 0.15) is 11.6 Å². The fourth-order valence-electron chi connectivity index (χ4n) is 5.36. The Kier molecular flexibility index (Phi) is 6.09. The highest BCUT2D eigenvalue weighted by atomic mass is 35.5. The Morgan fingerprint density at radius 1 is 1.23 bits per heavy atom. The second-order valence-electron chi connectivity index (χ2n) is 9.55. The van der Waals surface area contributed by atoms with E-state index in [9.17, 15) is 18.8 Å². The van der Waals surface area contributed by atoms with Crippen molar-refractivity contribution in [2.75, 3.05) is 7.05 Å². The normalized spacial score (nSPS) is 20.8. The zero-order valence-corrected chi connectivity index (χ0v) is 20.1. The SMILES string of the molecule is CN(Cc1nc2ccc(Cl)cc2[nH]1)C(=O)C[C@@]1(c2cccc(F)c2)CC(=O)N(C2CCCC2)C1=O. The first-order chi connectivity index (χ1) is 16.8. The van der Waals surface area contributed by atoms with Gasteiger partial charge in [-0.25, -0.2) is 9.37 Å². The molecule has 2 aliphatic rings. The van der Waals surface area contributed by atoms with Gasteiger partial charge in [0.25, 0.3) is 0 Å². The van der Waals surface area contributed by atoms with Crippen molar-refractivity contribution in [3.8, 4) is 0 Å². The minimum atomic E-state index is -1.42. The second kappa shape index (κ2) is 9.07. The number of halogens is 2. The number of carbonyl (C=O) groups is 3. The van der Waals surface area contributed by atoms with Crippen molar-refractivity contribution < 1.29 is 18.8 Å². The molecule has 0 bridgehead atoms. The lowest BCUT2D eigenvalue weighted by molar-refractivity contribution is -0.144. The van der Waals surface area contributed by atoms with Crippen LogP contribution >= 0.6 is 11.6 Å². The minimum Gasteiger partial charge on any atom is -0.340 e. The van der Waals surface area contributed by atoms with Gasteiger partial charge in [0.15, 0.2) is 0 Å². The van der Waals surface area contributed by atoms with Gasteiger partial charge in [0.2, 0.25) is 17.7 Å². The van der Waals surface area contributed by atoms with Crippen LogP contribution in [0.25, 0.3) is 11.0 Å². The van der Waals surface area contributed by atoms with Crippen LogP contribution in [0.3, 0.4) is 0 Å². The Balaban J connectivity index is 1.42. The highest BCUT2D eigenvalue weighted by Crippen LogP contribution is 2.43. The topological polar surface area (TPSA) is 86.4 Å². The van der Waals surface area contributed by atoms with Crippen molar-refractivity contribution >= 4 is 40.4 Å². The largest absolute Gasteiger partial charge is 0.340 e. The summed E-state index contributed by atoms with van der Waals surface area (Å²) in [6.07, 6.45) is 3.07. The highest BCUT2D eigenvalue weighted by molar-refractivity contribution is 6.31. The molecule has 2 fully saturated rings. The van der Waals surface area contributed by atoms with E-state index in [0.717, 1.165) is 36.7 Å².